The molecule has 2 aromatic rings. The first-order valence-corrected chi connectivity index (χ1v) is 13.8. The maximum atomic E-state index is 13.7. The lowest BCUT2D eigenvalue weighted by molar-refractivity contribution is -0.118. The van der Waals surface area contributed by atoms with E-state index >= 15 is 0 Å². The zero-order valence-electron chi connectivity index (χ0n) is 21.2. The zero-order chi connectivity index (χ0) is 25.8. The number of amides is 2. The molecule has 0 saturated carbocycles. The molecule has 0 bridgehead atoms. The second kappa shape index (κ2) is 11.5. The molecule has 1 saturated heterocycles. The Morgan fingerprint density at radius 2 is 1.72 bits per heavy atom. The molecule has 2 aliphatic rings. The molecule has 2 heterocycles. The number of amidine groups is 1. The van der Waals surface area contributed by atoms with Gasteiger partial charge in [0, 0.05) is 34.7 Å². The van der Waals surface area contributed by atoms with Gasteiger partial charge in [-0.2, -0.15) is 0 Å². The van der Waals surface area contributed by atoms with Crippen LogP contribution in [-0.4, -0.2) is 47.7 Å². The number of piperidine rings is 1. The van der Waals surface area contributed by atoms with Gasteiger partial charge < -0.3 is 16.4 Å². The molecular formula is C28H37N5O2S. The number of nitrogens with zero attached hydrogens (tertiary/aromatic N) is 2. The van der Waals surface area contributed by atoms with Gasteiger partial charge in [0.05, 0.1) is 5.69 Å². The Bertz CT molecular complexity index is 1130. The van der Waals surface area contributed by atoms with Crippen LogP contribution in [0.2, 0.25) is 0 Å². The van der Waals surface area contributed by atoms with Crippen LogP contribution >= 0.6 is 11.8 Å². The number of likely N-dealkylation sites (tertiary alicyclic amines) is 1. The lowest BCUT2D eigenvalue weighted by atomic mass is 9.97. The van der Waals surface area contributed by atoms with Crippen LogP contribution in [0.3, 0.4) is 0 Å². The molecule has 0 aliphatic carbocycles. The molecule has 0 radical (unpaired) electrons. The van der Waals surface area contributed by atoms with Crippen LogP contribution in [-0.2, 0) is 4.79 Å². The predicted molar refractivity (Wildman–Crippen MR) is 147 cm³/mol. The molecule has 0 spiro atoms. The molecule has 2 aliphatic heterocycles. The zero-order valence-corrected chi connectivity index (χ0v) is 22.0. The number of primary amides is 1. The number of carbonyl (C=O) groups excluding carboxylic acids is 2. The average Bonchev–Trinajstić information content (AvgIpc) is 2.86. The largest absolute Gasteiger partial charge is 0.384 e. The first-order chi connectivity index (χ1) is 17.3. The first kappa shape index (κ1) is 26.2. The van der Waals surface area contributed by atoms with Crippen molar-refractivity contribution < 1.29 is 9.59 Å². The van der Waals surface area contributed by atoms with E-state index in [0.717, 1.165) is 42.0 Å². The highest BCUT2D eigenvalue weighted by molar-refractivity contribution is 8.00. The number of hydrogen-bond acceptors (Lipinski definition) is 5. The Morgan fingerprint density at radius 1 is 1.00 bits per heavy atom. The summed E-state index contributed by atoms with van der Waals surface area (Å²) in [5.74, 6) is -0.546. The molecule has 0 aromatic heterocycles. The SMILES string of the molecule is C[C@@H]1CCC[C@H](C)N1CCCCCN1C(=O)C(c2cccc(C(=N)N)c2)Sc2ccc(C(N)=O)cc21. The minimum absolute atomic E-state index is 0.0203. The number of hydrogen-bond donors (Lipinski definition) is 3. The molecule has 5 N–H and O–H groups in total. The van der Waals surface area contributed by atoms with Crippen molar-refractivity contribution in [2.24, 2.45) is 11.5 Å². The highest BCUT2D eigenvalue weighted by atomic mass is 32.2. The van der Waals surface area contributed by atoms with Gasteiger partial charge in [-0.3, -0.25) is 19.9 Å². The molecule has 2 amide bonds. The van der Waals surface area contributed by atoms with E-state index in [1.807, 2.05) is 29.2 Å². The van der Waals surface area contributed by atoms with Gasteiger partial charge >= 0.3 is 0 Å². The number of unbranched alkanes of at least 4 members (excludes halogenated alkanes) is 2. The van der Waals surface area contributed by atoms with Crippen LogP contribution < -0.4 is 16.4 Å². The highest BCUT2D eigenvalue weighted by Crippen LogP contribution is 2.47. The van der Waals surface area contributed by atoms with Gasteiger partial charge in [-0.25, -0.2) is 0 Å². The standard InChI is InChI=1S/C28H37N5O2S/c1-18-8-6-9-19(2)32(18)14-4-3-5-15-33-23-17-22(27(31)34)12-13-24(23)36-25(28(33)35)20-10-7-11-21(16-20)26(29)30/h7,10-13,16-19,25H,3-6,8-9,14-15H2,1-2H3,(H3,29,30)(H2,31,34)/t18-,19+,25?. The van der Waals surface area contributed by atoms with E-state index in [-0.39, 0.29) is 11.7 Å². The first-order valence-electron chi connectivity index (χ1n) is 12.9. The van der Waals surface area contributed by atoms with Crippen LogP contribution in [0.15, 0.2) is 47.4 Å². The van der Waals surface area contributed by atoms with E-state index in [1.54, 1.807) is 18.2 Å². The van der Waals surface area contributed by atoms with E-state index in [0.29, 0.717) is 29.8 Å². The van der Waals surface area contributed by atoms with Gasteiger partial charge in [0.1, 0.15) is 11.1 Å². The second-order valence-corrected chi connectivity index (χ2v) is 11.1. The second-order valence-electron chi connectivity index (χ2n) is 10.0. The van der Waals surface area contributed by atoms with Crippen LogP contribution in [0.4, 0.5) is 5.69 Å². The number of nitrogens with one attached hydrogen (secondary N) is 1. The Balaban J connectivity index is 1.49. The van der Waals surface area contributed by atoms with Crippen LogP contribution in [0, 0.1) is 5.41 Å². The van der Waals surface area contributed by atoms with E-state index < -0.39 is 11.2 Å². The Kier molecular flexibility index (Phi) is 8.36. The number of thioether (sulfide) groups is 1. The van der Waals surface area contributed by atoms with Gasteiger partial charge in [0.2, 0.25) is 11.8 Å². The quantitative estimate of drug-likeness (QED) is 0.259. The lowest BCUT2D eigenvalue weighted by Crippen LogP contribution is -2.44. The minimum atomic E-state index is -0.503. The summed E-state index contributed by atoms with van der Waals surface area (Å²) in [6, 6.07) is 13.9. The summed E-state index contributed by atoms with van der Waals surface area (Å²) in [5, 5.41) is 7.34. The third kappa shape index (κ3) is 5.76. The van der Waals surface area contributed by atoms with Crippen LogP contribution in [0.1, 0.15) is 79.1 Å². The fourth-order valence-corrected chi connectivity index (χ4v) is 6.59. The molecule has 7 nitrogen and oxygen atoms in total. The van der Waals surface area contributed by atoms with Gasteiger partial charge in [0.25, 0.3) is 0 Å². The summed E-state index contributed by atoms with van der Waals surface area (Å²) < 4.78 is 0. The lowest BCUT2D eigenvalue weighted by Gasteiger charge is -2.39. The average molecular weight is 508 g/mol. The molecule has 2 aromatic carbocycles. The predicted octanol–water partition coefficient (Wildman–Crippen LogP) is 4.68. The fourth-order valence-electron chi connectivity index (χ4n) is 5.39. The number of rotatable bonds is 9. The summed E-state index contributed by atoms with van der Waals surface area (Å²) in [4.78, 5) is 31.0. The molecule has 192 valence electrons. The molecule has 1 unspecified atom stereocenters. The van der Waals surface area contributed by atoms with Crippen molar-refractivity contribution in [1.29, 1.82) is 5.41 Å². The number of fused-ring (bicyclic) bond motifs is 1. The maximum Gasteiger partial charge on any atom is 0.248 e. The minimum Gasteiger partial charge on any atom is -0.384 e. The normalized spacial score (nSPS) is 22.3. The summed E-state index contributed by atoms with van der Waals surface area (Å²) >= 11 is 1.46. The molecule has 3 atom stereocenters. The molecular weight excluding hydrogens is 470 g/mol. The van der Waals surface area contributed by atoms with Crippen molar-refractivity contribution in [3.05, 3.63) is 59.2 Å². The monoisotopic (exact) mass is 507 g/mol. The molecule has 1 fully saturated rings. The van der Waals surface area contributed by atoms with Crippen LogP contribution in [0.25, 0.3) is 0 Å². The van der Waals surface area contributed by atoms with E-state index in [1.165, 1.54) is 31.0 Å². The van der Waals surface area contributed by atoms with Crippen LogP contribution in [0.5, 0.6) is 0 Å². The van der Waals surface area contributed by atoms with Gasteiger partial charge in [-0.1, -0.05) is 31.0 Å². The molecule has 36 heavy (non-hydrogen) atoms. The third-order valence-corrected chi connectivity index (χ3v) is 8.75. The van der Waals surface area contributed by atoms with Gasteiger partial charge in [0.15, 0.2) is 0 Å². The number of anilines is 1. The Hall–Kier alpha value is -2.84. The van der Waals surface area contributed by atoms with Gasteiger partial charge in [-0.15, -0.1) is 11.8 Å². The van der Waals surface area contributed by atoms with Gasteiger partial charge in [-0.05, 0) is 75.9 Å². The fraction of sp³-hybridized carbons (Fsp3) is 0.464. The van der Waals surface area contributed by atoms with Crippen molar-refractivity contribution in [3.8, 4) is 0 Å². The molecule has 4 rings (SSSR count). The van der Waals surface area contributed by atoms with E-state index in [2.05, 4.69) is 18.7 Å². The molecule has 8 heteroatoms. The van der Waals surface area contributed by atoms with Crippen molar-refractivity contribution in [1.82, 2.24) is 4.90 Å². The van der Waals surface area contributed by atoms with Crippen molar-refractivity contribution >= 4 is 35.1 Å². The number of nitrogens with two attached hydrogens (primary N) is 2. The topological polar surface area (TPSA) is 117 Å². The Labute approximate surface area is 218 Å². The summed E-state index contributed by atoms with van der Waals surface area (Å²) in [7, 11) is 0. The van der Waals surface area contributed by atoms with Crippen molar-refractivity contribution in [2.75, 3.05) is 18.0 Å². The maximum absolute atomic E-state index is 13.7. The number of benzene rings is 2. The third-order valence-electron chi connectivity index (χ3n) is 7.44. The van der Waals surface area contributed by atoms with Crippen molar-refractivity contribution in [3.63, 3.8) is 0 Å². The number of nitrogen functional groups attached to an aromatic ring is 1. The number of carbonyl (C=O) groups is 2. The van der Waals surface area contributed by atoms with E-state index in [9.17, 15) is 9.59 Å². The van der Waals surface area contributed by atoms with E-state index in [4.69, 9.17) is 16.9 Å². The van der Waals surface area contributed by atoms with Crippen molar-refractivity contribution in [2.45, 2.75) is 74.6 Å². The highest BCUT2D eigenvalue weighted by Gasteiger charge is 2.35. The summed E-state index contributed by atoms with van der Waals surface area (Å²) in [6.07, 6.45) is 6.88. The summed E-state index contributed by atoms with van der Waals surface area (Å²) in [6.45, 7) is 6.33. The smallest absolute Gasteiger partial charge is 0.248 e. The Morgan fingerprint density at radius 3 is 2.42 bits per heavy atom. The summed E-state index contributed by atoms with van der Waals surface area (Å²) in [5.41, 5.74) is 13.8.